The number of nitriles is 1. The minimum absolute atomic E-state index is 0.125. The molecule has 0 spiro atoms. The van der Waals surface area contributed by atoms with Crippen LogP contribution in [0.3, 0.4) is 0 Å². The molecule has 6 heteroatoms. The summed E-state index contributed by atoms with van der Waals surface area (Å²) in [5.74, 6) is -1.16. The summed E-state index contributed by atoms with van der Waals surface area (Å²) < 4.78 is 1.17. The Balaban J connectivity index is 2.46. The molecule has 0 amide bonds. The Hall–Kier alpha value is -2.68. The summed E-state index contributed by atoms with van der Waals surface area (Å²) in [6.07, 6.45) is 1.67. The lowest BCUT2D eigenvalue weighted by Crippen LogP contribution is -2.26. The fourth-order valence-corrected chi connectivity index (χ4v) is 2.01. The second-order valence-electron chi connectivity index (χ2n) is 4.34. The van der Waals surface area contributed by atoms with Crippen molar-refractivity contribution in [3.05, 3.63) is 40.3 Å². The molecular formula is C14H13N3O3. The SMILES string of the molecule is N#CCCCCn1nc(C(=O)O)c2ccccc2c1=O. The van der Waals surface area contributed by atoms with Crippen LogP contribution in [0.5, 0.6) is 0 Å². The molecule has 1 N–H and O–H groups in total. The largest absolute Gasteiger partial charge is 0.476 e. The number of carbonyl (C=O) groups is 1. The lowest BCUT2D eigenvalue weighted by atomic mass is 10.1. The minimum Gasteiger partial charge on any atom is -0.476 e. The fourth-order valence-electron chi connectivity index (χ4n) is 2.01. The zero-order valence-corrected chi connectivity index (χ0v) is 10.7. The van der Waals surface area contributed by atoms with Gasteiger partial charge in [0.2, 0.25) is 0 Å². The number of aryl methyl sites for hydroxylation is 1. The number of aromatic carboxylic acids is 1. The quantitative estimate of drug-likeness (QED) is 0.836. The van der Waals surface area contributed by atoms with Gasteiger partial charge < -0.3 is 5.11 Å². The van der Waals surface area contributed by atoms with E-state index in [2.05, 4.69) is 5.10 Å². The van der Waals surface area contributed by atoms with Crippen LogP contribution in [0.25, 0.3) is 10.8 Å². The number of benzene rings is 1. The van der Waals surface area contributed by atoms with Gasteiger partial charge in [0.05, 0.1) is 11.5 Å². The molecule has 20 heavy (non-hydrogen) atoms. The molecule has 6 nitrogen and oxygen atoms in total. The molecule has 2 rings (SSSR count). The number of hydrogen-bond donors (Lipinski definition) is 1. The van der Waals surface area contributed by atoms with Crippen LogP contribution in [0, 0.1) is 11.3 Å². The molecule has 0 aliphatic heterocycles. The van der Waals surface area contributed by atoms with Crippen molar-refractivity contribution < 1.29 is 9.90 Å². The van der Waals surface area contributed by atoms with E-state index in [9.17, 15) is 14.7 Å². The van der Waals surface area contributed by atoms with Gasteiger partial charge in [-0.15, -0.1) is 0 Å². The van der Waals surface area contributed by atoms with Crippen molar-refractivity contribution in [1.82, 2.24) is 9.78 Å². The average molecular weight is 271 g/mol. The number of aromatic nitrogens is 2. The van der Waals surface area contributed by atoms with Gasteiger partial charge in [0.1, 0.15) is 0 Å². The molecular weight excluding hydrogens is 258 g/mol. The molecule has 0 bridgehead atoms. The van der Waals surface area contributed by atoms with E-state index in [0.29, 0.717) is 36.6 Å². The third kappa shape index (κ3) is 2.67. The van der Waals surface area contributed by atoms with E-state index >= 15 is 0 Å². The highest BCUT2D eigenvalue weighted by molar-refractivity contribution is 6.01. The lowest BCUT2D eigenvalue weighted by molar-refractivity contribution is 0.0690. The molecule has 1 aromatic heterocycles. The van der Waals surface area contributed by atoms with E-state index in [1.807, 2.05) is 6.07 Å². The number of unbranched alkanes of at least 4 members (excludes halogenated alkanes) is 2. The topological polar surface area (TPSA) is 96.0 Å². The second-order valence-corrected chi connectivity index (χ2v) is 4.34. The number of carboxylic acids is 1. The highest BCUT2D eigenvalue weighted by Gasteiger charge is 2.15. The maximum atomic E-state index is 12.2. The Morgan fingerprint density at radius 3 is 2.65 bits per heavy atom. The summed E-state index contributed by atoms with van der Waals surface area (Å²) in [7, 11) is 0. The monoisotopic (exact) mass is 271 g/mol. The van der Waals surface area contributed by atoms with Gasteiger partial charge in [0, 0.05) is 18.4 Å². The first kappa shape index (κ1) is 13.7. The first-order valence-electron chi connectivity index (χ1n) is 6.25. The van der Waals surface area contributed by atoms with Crippen LogP contribution >= 0.6 is 0 Å². The highest BCUT2D eigenvalue weighted by atomic mass is 16.4. The van der Waals surface area contributed by atoms with E-state index in [1.54, 1.807) is 24.3 Å². The lowest BCUT2D eigenvalue weighted by Gasteiger charge is -2.08. The summed E-state index contributed by atoms with van der Waals surface area (Å²) in [5, 5.41) is 22.3. The van der Waals surface area contributed by atoms with Gasteiger partial charge in [-0.3, -0.25) is 4.79 Å². The van der Waals surface area contributed by atoms with Crippen molar-refractivity contribution in [3.63, 3.8) is 0 Å². The Kier molecular flexibility index (Phi) is 4.11. The summed E-state index contributed by atoms with van der Waals surface area (Å²) >= 11 is 0. The molecule has 1 heterocycles. The first-order valence-corrected chi connectivity index (χ1v) is 6.25. The molecule has 0 saturated heterocycles. The fraction of sp³-hybridized carbons (Fsp3) is 0.286. The molecule has 0 aliphatic carbocycles. The van der Waals surface area contributed by atoms with Crippen molar-refractivity contribution in [2.45, 2.75) is 25.8 Å². The Labute approximate surface area is 114 Å². The van der Waals surface area contributed by atoms with Crippen molar-refractivity contribution in [1.29, 1.82) is 5.26 Å². The van der Waals surface area contributed by atoms with E-state index in [4.69, 9.17) is 5.26 Å². The number of fused-ring (bicyclic) bond motifs is 1. The van der Waals surface area contributed by atoms with Crippen molar-refractivity contribution in [3.8, 4) is 6.07 Å². The van der Waals surface area contributed by atoms with Crippen molar-refractivity contribution in [2.24, 2.45) is 0 Å². The number of nitrogens with zero attached hydrogens (tertiary/aromatic N) is 3. The van der Waals surface area contributed by atoms with E-state index in [1.165, 1.54) is 4.68 Å². The first-order chi connectivity index (χ1) is 9.65. The van der Waals surface area contributed by atoms with Crippen LogP contribution in [0.15, 0.2) is 29.1 Å². The molecule has 0 unspecified atom stereocenters. The zero-order valence-electron chi connectivity index (χ0n) is 10.7. The van der Waals surface area contributed by atoms with Gasteiger partial charge in [-0.05, 0) is 18.9 Å². The summed E-state index contributed by atoms with van der Waals surface area (Å²) in [6, 6.07) is 8.56. The summed E-state index contributed by atoms with van der Waals surface area (Å²) in [5.41, 5.74) is -0.428. The highest BCUT2D eigenvalue weighted by Crippen LogP contribution is 2.13. The molecule has 0 aliphatic rings. The third-order valence-corrected chi connectivity index (χ3v) is 2.98. The van der Waals surface area contributed by atoms with Gasteiger partial charge >= 0.3 is 5.97 Å². The molecule has 0 saturated carbocycles. The molecule has 2 aromatic rings. The Morgan fingerprint density at radius 1 is 1.30 bits per heavy atom. The maximum absolute atomic E-state index is 12.2. The van der Waals surface area contributed by atoms with Crippen LogP contribution in [0.1, 0.15) is 29.8 Å². The van der Waals surface area contributed by atoms with Crippen LogP contribution in [0.2, 0.25) is 0 Å². The predicted octanol–water partition coefficient (Wildman–Crippen LogP) is 1.79. The van der Waals surface area contributed by atoms with Crippen LogP contribution in [-0.4, -0.2) is 20.9 Å². The van der Waals surface area contributed by atoms with Crippen LogP contribution in [-0.2, 0) is 6.54 Å². The maximum Gasteiger partial charge on any atom is 0.357 e. The number of rotatable bonds is 5. The predicted molar refractivity (Wildman–Crippen MR) is 72.4 cm³/mol. The smallest absolute Gasteiger partial charge is 0.357 e. The molecule has 102 valence electrons. The van der Waals surface area contributed by atoms with Crippen LogP contribution in [0.4, 0.5) is 0 Å². The van der Waals surface area contributed by atoms with Gasteiger partial charge in [0.15, 0.2) is 5.69 Å². The average Bonchev–Trinajstić information content (AvgIpc) is 2.45. The van der Waals surface area contributed by atoms with Gasteiger partial charge in [-0.1, -0.05) is 18.2 Å². The Morgan fingerprint density at radius 2 is 2.00 bits per heavy atom. The van der Waals surface area contributed by atoms with E-state index in [-0.39, 0.29) is 11.3 Å². The number of hydrogen-bond acceptors (Lipinski definition) is 4. The van der Waals surface area contributed by atoms with Gasteiger partial charge in [-0.2, -0.15) is 10.4 Å². The van der Waals surface area contributed by atoms with E-state index < -0.39 is 5.97 Å². The number of carboxylic acid groups (broad SMARTS) is 1. The zero-order chi connectivity index (χ0) is 14.5. The normalized spacial score (nSPS) is 10.3. The van der Waals surface area contributed by atoms with E-state index in [0.717, 1.165) is 0 Å². The minimum atomic E-state index is -1.16. The van der Waals surface area contributed by atoms with Gasteiger partial charge in [-0.25, -0.2) is 9.48 Å². The molecule has 1 aromatic carbocycles. The van der Waals surface area contributed by atoms with Crippen molar-refractivity contribution >= 4 is 16.7 Å². The Bertz CT molecular complexity index is 743. The molecule has 0 radical (unpaired) electrons. The van der Waals surface area contributed by atoms with Crippen molar-refractivity contribution in [2.75, 3.05) is 0 Å². The summed E-state index contributed by atoms with van der Waals surface area (Å²) in [6.45, 7) is 0.311. The summed E-state index contributed by atoms with van der Waals surface area (Å²) in [4.78, 5) is 23.4. The standard InChI is InChI=1S/C14H13N3O3/c15-8-4-1-5-9-17-13(18)11-7-3-2-6-10(11)12(16-17)14(19)20/h2-3,6-7H,1,4-5,9H2,(H,19,20). The van der Waals surface area contributed by atoms with Gasteiger partial charge in [0.25, 0.3) is 5.56 Å². The second kappa shape index (κ2) is 5.97. The molecule has 0 atom stereocenters. The van der Waals surface area contributed by atoms with Crippen LogP contribution < -0.4 is 5.56 Å². The third-order valence-electron chi connectivity index (χ3n) is 2.98. The molecule has 0 fully saturated rings.